The van der Waals surface area contributed by atoms with Crippen LogP contribution in [0.25, 0.3) is 82.8 Å². The molecule has 0 saturated carbocycles. The van der Waals surface area contributed by atoms with Crippen LogP contribution in [-0.2, 0) is 5.41 Å². The molecule has 2 heteroatoms. The van der Waals surface area contributed by atoms with Gasteiger partial charge in [-0.2, -0.15) is 0 Å². The average molecular weight is 851 g/mol. The van der Waals surface area contributed by atoms with Crippen LogP contribution in [0.2, 0.25) is 0 Å². The topological polar surface area (TPSA) is 8.17 Å². The van der Waals surface area contributed by atoms with Crippen molar-refractivity contribution in [3.8, 4) is 50.2 Å². The monoisotopic (exact) mass is 850 g/mol. The first-order chi connectivity index (χ1) is 33.3. The summed E-state index contributed by atoms with van der Waals surface area (Å²) in [6.45, 7) is 0. The zero-order valence-corrected chi connectivity index (χ0v) is 36.6. The van der Waals surface area contributed by atoms with Gasteiger partial charge in [-0.25, -0.2) is 0 Å². The molecular weight excluding hydrogens is 809 g/mol. The number of para-hydroxylation sites is 3. The van der Waals surface area contributed by atoms with E-state index >= 15 is 0 Å². The van der Waals surface area contributed by atoms with Crippen molar-refractivity contribution in [3.05, 3.63) is 277 Å². The number of anilines is 3. The smallest absolute Gasteiger partial charge is 0.0726 e. The molecule has 0 bridgehead atoms. The van der Waals surface area contributed by atoms with Crippen molar-refractivity contribution in [1.82, 2.24) is 4.57 Å². The minimum Gasteiger partial charge on any atom is -0.310 e. The van der Waals surface area contributed by atoms with Crippen LogP contribution in [0.5, 0.6) is 0 Å². The fourth-order valence-corrected chi connectivity index (χ4v) is 11.9. The molecule has 14 rings (SSSR count). The van der Waals surface area contributed by atoms with Gasteiger partial charge >= 0.3 is 0 Å². The van der Waals surface area contributed by atoms with Gasteiger partial charge in [-0.1, -0.05) is 206 Å². The van der Waals surface area contributed by atoms with Gasteiger partial charge < -0.3 is 9.47 Å². The quantitative estimate of drug-likeness (QED) is 0.162. The average Bonchev–Trinajstić information content (AvgIpc) is 3.89. The summed E-state index contributed by atoms with van der Waals surface area (Å²) < 4.78 is 2.42. The lowest BCUT2D eigenvalue weighted by atomic mass is 9.61. The summed E-state index contributed by atoms with van der Waals surface area (Å²) in [6, 6.07) is 94.6. The maximum Gasteiger partial charge on any atom is 0.0726 e. The zero-order chi connectivity index (χ0) is 44.1. The Kier molecular flexibility index (Phi) is 8.23. The second-order valence-electron chi connectivity index (χ2n) is 17.9. The molecule has 67 heavy (non-hydrogen) atoms. The molecule has 312 valence electrons. The third-order valence-corrected chi connectivity index (χ3v) is 14.6. The van der Waals surface area contributed by atoms with Crippen molar-refractivity contribution in [2.75, 3.05) is 4.90 Å². The Morgan fingerprint density at radius 3 is 1.72 bits per heavy atom. The van der Waals surface area contributed by atoms with Gasteiger partial charge in [-0.15, -0.1) is 0 Å². The normalized spacial score (nSPS) is 14.3. The van der Waals surface area contributed by atoms with Crippen molar-refractivity contribution in [2.45, 2.75) is 5.41 Å². The third-order valence-electron chi connectivity index (χ3n) is 14.6. The second kappa shape index (κ2) is 14.7. The van der Waals surface area contributed by atoms with Gasteiger partial charge in [-0.05, 0) is 121 Å². The number of aromatic nitrogens is 1. The molecule has 1 atom stereocenters. The highest BCUT2D eigenvalue weighted by Crippen LogP contribution is 2.64. The molecule has 2 aliphatic carbocycles. The molecule has 1 unspecified atom stereocenters. The summed E-state index contributed by atoms with van der Waals surface area (Å²) in [6.07, 6.45) is 0. The van der Waals surface area contributed by atoms with Crippen LogP contribution in [0.1, 0.15) is 22.3 Å². The first-order valence-electron chi connectivity index (χ1n) is 23.3. The summed E-state index contributed by atoms with van der Waals surface area (Å²) >= 11 is 0. The highest BCUT2D eigenvalue weighted by atomic mass is 15.1. The number of fused-ring (bicyclic) bond motifs is 12. The van der Waals surface area contributed by atoms with E-state index in [9.17, 15) is 0 Å². The molecule has 1 spiro atoms. The Morgan fingerprint density at radius 2 is 0.896 bits per heavy atom. The molecule has 2 aliphatic rings. The van der Waals surface area contributed by atoms with E-state index in [1.807, 2.05) is 0 Å². The van der Waals surface area contributed by atoms with E-state index in [-0.39, 0.29) is 0 Å². The van der Waals surface area contributed by atoms with Gasteiger partial charge in [0, 0.05) is 33.4 Å². The number of hydrogen-bond acceptors (Lipinski definition) is 1. The lowest BCUT2D eigenvalue weighted by Crippen LogP contribution is -2.32. The molecule has 0 saturated heterocycles. The maximum atomic E-state index is 2.53. The van der Waals surface area contributed by atoms with Crippen LogP contribution in [0.3, 0.4) is 0 Å². The molecule has 0 radical (unpaired) electrons. The lowest BCUT2D eigenvalue weighted by molar-refractivity contribution is 0.773. The van der Waals surface area contributed by atoms with Crippen molar-refractivity contribution < 1.29 is 0 Å². The van der Waals surface area contributed by atoms with E-state index in [2.05, 4.69) is 264 Å². The maximum absolute atomic E-state index is 2.53. The fraction of sp³-hybridized carbons (Fsp3) is 0.0154. The molecular formula is C65H42N2. The van der Waals surface area contributed by atoms with Crippen LogP contribution in [-0.4, -0.2) is 4.57 Å². The van der Waals surface area contributed by atoms with Crippen LogP contribution < -0.4 is 4.90 Å². The molecule has 1 aromatic heterocycles. The van der Waals surface area contributed by atoms with E-state index < -0.39 is 5.41 Å². The predicted octanol–water partition coefficient (Wildman–Crippen LogP) is 17.1. The summed E-state index contributed by atoms with van der Waals surface area (Å²) in [5, 5.41) is 5.04. The summed E-state index contributed by atoms with van der Waals surface area (Å²) in [4.78, 5) is 2.51. The Labute approximate surface area is 389 Å². The Balaban J connectivity index is 1.10. The van der Waals surface area contributed by atoms with Gasteiger partial charge in [0.1, 0.15) is 0 Å². The molecule has 0 amide bonds. The fourth-order valence-electron chi connectivity index (χ4n) is 11.9. The predicted molar refractivity (Wildman–Crippen MR) is 280 cm³/mol. The molecule has 2 nitrogen and oxygen atoms in total. The number of rotatable bonds is 6. The summed E-state index contributed by atoms with van der Waals surface area (Å²) in [5.41, 5.74) is 21.4. The van der Waals surface area contributed by atoms with Gasteiger partial charge in [0.15, 0.2) is 0 Å². The lowest BCUT2D eigenvalue weighted by Gasteiger charge is -2.40. The van der Waals surface area contributed by atoms with Crippen LogP contribution in [0, 0.1) is 0 Å². The van der Waals surface area contributed by atoms with Gasteiger partial charge in [0.2, 0.25) is 0 Å². The Hall–Kier alpha value is -8.72. The van der Waals surface area contributed by atoms with Crippen molar-refractivity contribution in [2.24, 2.45) is 0 Å². The van der Waals surface area contributed by atoms with E-state index in [1.165, 1.54) is 93.8 Å². The van der Waals surface area contributed by atoms with Crippen molar-refractivity contribution in [1.29, 1.82) is 0 Å². The van der Waals surface area contributed by atoms with Gasteiger partial charge in [0.05, 0.1) is 22.1 Å². The van der Waals surface area contributed by atoms with Gasteiger partial charge in [0.25, 0.3) is 0 Å². The Bertz CT molecular complexity index is 3920. The molecule has 0 N–H and O–H groups in total. The van der Waals surface area contributed by atoms with E-state index in [0.717, 1.165) is 28.3 Å². The molecule has 0 aliphatic heterocycles. The van der Waals surface area contributed by atoms with Crippen LogP contribution >= 0.6 is 0 Å². The third kappa shape index (κ3) is 5.39. The molecule has 11 aromatic carbocycles. The summed E-state index contributed by atoms with van der Waals surface area (Å²) in [7, 11) is 0. The number of hydrogen-bond donors (Lipinski definition) is 0. The largest absolute Gasteiger partial charge is 0.310 e. The highest BCUT2D eigenvalue weighted by molar-refractivity contribution is 6.11. The van der Waals surface area contributed by atoms with Crippen LogP contribution in [0.15, 0.2) is 255 Å². The SMILES string of the molecule is c1ccc(-c2ccccc2N(c2ccc3c(c2)C2(c4ccccc4-c4cccc5cccc2c45)c2cccc(-c4ccccc4)c2-3)c2ccc3c4ccccc4n(-c4ccccc4)c3c2)cc1. The summed E-state index contributed by atoms with van der Waals surface area (Å²) in [5.74, 6) is 0. The first-order valence-corrected chi connectivity index (χ1v) is 23.3. The minimum absolute atomic E-state index is 0.607. The standard InChI is InChI=1S/C65H42N2/c1-4-19-43(20-5-1)49-27-11-14-35-60(49)66(48-37-39-53-52-29-12-15-36-61(52)67(62(53)42-48)46-25-8-3-9-26-46)47-38-40-55-59(41-47)65(58-34-18-30-50(64(55)58)44-21-6-2-7-22-44)56-32-13-10-28-51(56)54-31-16-23-45-24-17-33-57(65)63(45)54/h1-42H. The van der Waals surface area contributed by atoms with Crippen LogP contribution in [0.4, 0.5) is 17.1 Å². The molecule has 1 heterocycles. The highest BCUT2D eigenvalue weighted by Gasteiger charge is 2.51. The van der Waals surface area contributed by atoms with E-state index in [1.54, 1.807) is 0 Å². The van der Waals surface area contributed by atoms with Crippen molar-refractivity contribution in [3.63, 3.8) is 0 Å². The number of benzene rings is 11. The van der Waals surface area contributed by atoms with E-state index in [4.69, 9.17) is 0 Å². The van der Waals surface area contributed by atoms with Gasteiger partial charge in [-0.3, -0.25) is 0 Å². The van der Waals surface area contributed by atoms with E-state index in [0.29, 0.717) is 0 Å². The molecule has 12 aromatic rings. The molecule has 0 fully saturated rings. The number of nitrogens with zero attached hydrogens (tertiary/aromatic N) is 2. The second-order valence-corrected chi connectivity index (χ2v) is 17.9. The Morgan fingerprint density at radius 1 is 0.328 bits per heavy atom. The first kappa shape index (κ1) is 37.6. The zero-order valence-electron chi connectivity index (χ0n) is 36.6. The van der Waals surface area contributed by atoms with Crippen molar-refractivity contribution >= 4 is 49.6 Å². The minimum atomic E-state index is -0.607.